The number of nitrogens with zero attached hydrogens (tertiary/aromatic N) is 1. The SMILES string of the molecule is CCOc1ccc(NC(=O)CCN(Cc2ccc(F)cc2)C(C)=O)cc1. The van der Waals surface area contributed by atoms with Crippen LogP contribution >= 0.6 is 0 Å². The van der Waals surface area contributed by atoms with Crippen molar-refractivity contribution in [2.75, 3.05) is 18.5 Å². The lowest BCUT2D eigenvalue weighted by Crippen LogP contribution is -2.31. The summed E-state index contributed by atoms with van der Waals surface area (Å²) in [6.45, 7) is 4.57. The Morgan fingerprint density at radius 3 is 2.31 bits per heavy atom. The predicted octanol–water partition coefficient (Wildman–Crippen LogP) is 3.60. The van der Waals surface area contributed by atoms with Crippen molar-refractivity contribution in [3.05, 3.63) is 59.9 Å². The Labute approximate surface area is 152 Å². The van der Waals surface area contributed by atoms with Crippen molar-refractivity contribution < 1.29 is 18.7 Å². The number of amides is 2. The minimum atomic E-state index is -0.321. The van der Waals surface area contributed by atoms with E-state index in [1.807, 2.05) is 6.92 Å². The Bertz CT molecular complexity index is 730. The number of nitrogens with one attached hydrogen (secondary N) is 1. The normalized spacial score (nSPS) is 10.3. The highest BCUT2D eigenvalue weighted by Crippen LogP contribution is 2.16. The molecule has 0 radical (unpaired) electrons. The lowest BCUT2D eigenvalue weighted by molar-refractivity contribution is -0.129. The van der Waals surface area contributed by atoms with Gasteiger partial charge in [-0.1, -0.05) is 12.1 Å². The molecule has 0 aromatic heterocycles. The third-order valence-electron chi connectivity index (χ3n) is 3.79. The third-order valence-corrected chi connectivity index (χ3v) is 3.79. The summed E-state index contributed by atoms with van der Waals surface area (Å²) in [5, 5.41) is 2.79. The molecule has 2 rings (SSSR count). The first-order chi connectivity index (χ1) is 12.5. The van der Waals surface area contributed by atoms with Crippen LogP contribution in [0.2, 0.25) is 0 Å². The summed E-state index contributed by atoms with van der Waals surface area (Å²) in [5.41, 5.74) is 1.49. The summed E-state index contributed by atoms with van der Waals surface area (Å²) < 4.78 is 18.3. The molecule has 0 aliphatic carbocycles. The van der Waals surface area contributed by atoms with Crippen LogP contribution in [0.25, 0.3) is 0 Å². The van der Waals surface area contributed by atoms with E-state index in [0.29, 0.717) is 18.8 Å². The van der Waals surface area contributed by atoms with Gasteiger partial charge in [-0.3, -0.25) is 9.59 Å². The summed E-state index contributed by atoms with van der Waals surface area (Å²) >= 11 is 0. The van der Waals surface area contributed by atoms with Crippen LogP contribution < -0.4 is 10.1 Å². The van der Waals surface area contributed by atoms with Crippen LogP contribution in [-0.2, 0) is 16.1 Å². The van der Waals surface area contributed by atoms with Gasteiger partial charge in [0.1, 0.15) is 11.6 Å². The maximum absolute atomic E-state index is 13.0. The summed E-state index contributed by atoms with van der Waals surface area (Å²) in [5.74, 6) is 0.105. The lowest BCUT2D eigenvalue weighted by atomic mass is 10.2. The van der Waals surface area contributed by atoms with Gasteiger partial charge in [0.05, 0.1) is 6.61 Å². The number of rotatable bonds is 8. The van der Waals surface area contributed by atoms with Gasteiger partial charge in [0, 0.05) is 32.1 Å². The molecule has 1 N–H and O–H groups in total. The van der Waals surface area contributed by atoms with E-state index in [-0.39, 0.29) is 30.6 Å². The molecular formula is C20H23FN2O3. The molecule has 6 heteroatoms. The maximum Gasteiger partial charge on any atom is 0.226 e. The van der Waals surface area contributed by atoms with Crippen LogP contribution in [-0.4, -0.2) is 29.9 Å². The van der Waals surface area contributed by atoms with Crippen LogP contribution in [0, 0.1) is 5.82 Å². The van der Waals surface area contributed by atoms with Crippen LogP contribution in [0.3, 0.4) is 0 Å². The number of halogens is 1. The fourth-order valence-corrected chi connectivity index (χ4v) is 2.42. The summed E-state index contributed by atoms with van der Waals surface area (Å²) in [4.78, 5) is 25.5. The fourth-order valence-electron chi connectivity index (χ4n) is 2.42. The molecule has 0 bridgehead atoms. The van der Waals surface area contributed by atoms with Crippen molar-refractivity contribution >= 4 is 17.5 Å². The van der Waals surface area contributed by atoms with Crippen LogP contribution in [0.5, 0.6) is 5.75 Å². The topological polar surface area (TPSA) is 58.6 Å². The first kappa shape index (κ1) is 19.4. The molecule has 0 fully saturated rings. The van der Waals surface area contributed by atoms with E-state index in [4.69, 9.17) is 4.74 Å². The third kappa shape index (κ3) is 6.20. The molecule has 0 spiro atoms. The van der Waals surface area contributed by atoms with Gasteiger partial charge in [0.2, 0.25) is 11.8 Å². The molecule has 0 aliphatic heterocycles. The van der Waals surface area contributed by atoms with Gasteiger partial charge in [-0.05, 0) is 48.9 Å². The van der Waals surface area contributed by atoms with Gasteiger partial charge in [-0.25, -0.2) is 4.39 Å². The van der Waals surface area contributed by atoms with Crippen molar-refractivity contribution in [2.45, 2.75) is 26.8 Å². The Balaban J connectivity index is 1.86. The van der Waals surface area contributed by atoms with E-state index in [2.05, 4.69) is 5.32 Å². The van der Waals surface area contributed by atoms with Crippen LogP contribution in [0.1, 0.15) is 25.8 Å². The highest BCUT2D eigenvalue weighted by molar-refractivity contribution is 5.91. The molecule has 5 nitrogen and oxygen atoms in total. The van der Waals surface area contributed by atoms with Crippen molar-refractivity contribution in [2.24, 2.45) is 0 Å². The van der Waals surface area contributed by atoms with Gasteiger partial charge in [-0.15, -0.1) is 0 Å². The highest BCUT2D eigenvalue weighted by Gasteiger charge is 2.12. The van der Waals surface area contributed by atoms with E-state index >= 15 is 0 Å². The molecule has 0 aliphatic rings. The second kappa shape index (κ2) is 9.56. The highest BCUT2D eigenvalue weighted by atomic mass is 19.1. The number of carbonyl (C=O) groups is 2. The Morgan fingerprint density at radius 1 is 1.08 bits per heavy atom. The average molecular weight is 358 g/mol. The van der Waals surface area contributed by atoms with Crippen LogP contribution in [0.15, 0.2) is 48.5 Å². The molecule has 2 aromatic rings. The van der Waals surface area contributed by atoms with Crippen LogP contribution in [0.4, 0.5) is 10.1 Å². The van der Waals surface area contributed by atoms with Gasteiger partial charge in [0.25, 0.3) is 0 Å². The monoisotopic (exact) mass is 358 g/mol. The number of hydrogen-bond donors (Lipinski definition) is 1. The average Bonchev–Trinajstić information content (AvgIpc) is 2.62. The first-order valence-electron chi connectivity index (χ1n) is 8.50. The van der Waals surface area contributed by atoms with Gasteiger partial charge >= 0.3 is 0 Å². The van der Waals surface area contributed by atoms with Gasteiger partial charge in [0.15, 0.2) is 0 Å². The molecule has 26 heavy (non-hydrogen) atoms. The van der Waals surface area contributed by atoms with Crippen molar-refractivity contribution in [3.63, 3.8) is 0 Å². The summed E-state index contributed by atoms with van der Waals surface area (Å²) in [6.07, 6.45) is 0.175. The van der Waals surface area contributed by atoms with Crippen molar-refractivity contribution in [1.29, 1.82) is 0 Å². The zero-order valence-electron chi connectivity index (χ0n) is 15.0. The zero-order valence-corrected chi connectivity index (χ0v) is 15.0. The zero-order chi connectivity index (χ0) is 18.9. The summed E-state index contributed by atoms with van der Waals surface area (Å²) in [7, 11) is 0. The standard InChI is InChI=1S/C20H23FN2O3/c1-3-26-19-10-8-18(9-11-19)22-20(25)12-13-23(15(2)24)14-16-4-6-17(21)7-5-16/h4-11H,3,12-14H2,1-2H3,(H,22,25). The number of carbonyl (C=O) groups excluding carboxylic acids is 2. The maximum atomic E-state index is 13.0. The molecular weight excluding hydrogens is 335 g/mol. The van der Waals surface area contributed by atoms with E-state index in [1.54, 1.807) is 41.3 Å². The van der Waals surface area contributed by atoms with E-state index in [9.17, 15) is 14.0 Å². The van der Waals surface area contributed by atoms with Crippen molar-refractivity contribution in [3.8, 4) is 5.75 Å². The summed E-state index contributed by atoms with van der Waals surface area (Å²) in [6, 6.07) is 13.1. The van der Waals surface area contributed by atoms with Gasteiger partial charge in [-0.2, -0.15) is 0 Å². The number of anilines is 1. The molecule has 0 unspecified atom stereocenters. The molecule has 0 heterocycles. The van der Waals surface area contributed by atoms with Gasteiger partial charge < -0.3 is 15.0 Å². The Hall–Kier alpha value is -2.89. The Kier molecular flexibility index (Phi) is 7.14. The van der Waals surface area contributed by atoms with E-state index in [1.165, 1.54) is 19.1 Å². The number of hydrogen-bond acceptors (Lipinski definition) is 3. The number of ether oxygens (including phenoxy) is 1. The number of benzene rings is 2. The van der Waals surface area contributed by atoms with E-state index < -0.39 is 0 Å². The molecule has 138 valence electrons. The molecule has 2 amide bonds. The lowest BCUT2D eigenvalue weighted by Gasteiger charge is -2.21. The quantitative estimate of drug-likeness (QED) is 0.784. The Morgan fingerprint density at radius 2 is 1.73 bits per heavy atom. The minimum absolute atomic E-state index is 0.136. The van der Waals surface area contributed by atoms with E-state index in [0.717, 1.165) is 11.3 Å². The smallest absolute Gasteiger partial charge is 0.226 e. The predicted molar refractivity (Wildman–Crippen MR) is 98.3 cm³/mol. The fraction of sp³-hybridized carbons (Fsp3) is 0.300. The largest absolute Gasteiger partial charge is 0.494 e. The van der Waals surface area contributed by atoms with Crippen molar-refractivity contribution in [1.82, 2.24) is 4.90 Å². The second-order valence-corrected chi connectivity index (χ2v) is 5.82. The molecule has 2 aromatic carbocycles. The minimum Gasteiger partial charge on any atom is -0.494 e. The first-order valence-corrected chi connectivity index (χ1v) is 8.50. The molecule has 0 atom stereocenters. The molecule has 0 saturated heterocycles. The second-order valence-electron chi connectivity index (χ2n) is 5.82. The molecule has 0 saturated carbocycles.